The highest BCUT2D eigenvalue weighted by atomic mass is 35.5. The number of rotatable bonds is 6. The Morgan fingerprint density at radius 2 is 1.75 bits per heavy atom. The van der Waals surface area contributed by atoms with Crippen LogP contribution in [-0.4, -0.2) is 55.1 Å². The predicted octanol–water partition coefficient (Wildman–Crippen LogP) is 2.03. The van der Waals surface area contributed by atoms with Crippen molar-refractivity contribution < 1.29 is 9.59 Å². The summed E-state index contributed by atoms with van der Waals surface area (Å²) in [6.45, 7) is 5.37. The lowest BCUT2D eigenvalue weighted by Gasteiger charge is -2.34. The van der Waals surface area contributed by atoms with Gasteiger partial charge in [0.2, 0.25) is 5.91 Å². The van der Waals surface area contributed by atoms with Crippen LogP contribution in [0.3, 0.4) is 0 Å². The first kappa shape index (κ1) is 21.2. The predicted molar refractivity (Wildman–Crippen MR) is 98.6 cm³/mol. The zero-order valence-electron chi connectivity index (χ0n) is 14.8. The second-order valence-corrected chi connectivity index (χ2v) is 6.81. The summed E-state index contributed by atoms with van der Waals surface area (Å²) in [6, 6.07) is 0.347. The molecule has 3 amide bonds. The highest BCUT2D eigenvalue weighted by Crippen LogP contribution is 2.17. The molecule has 7 heteroatoms. The number of halogens is 1. The molecule has 0 unspecified atom stereocenters. The van der Waals surface area contributed by atoms with Crippen molar-refractivity contribution in [2.75, 3.05) is 26.2 Å². The fourth-order valence-corrected chi connectivity index (χ4v) is 3.67. The number of nitrogens with one attached hydrogen (secondary N) is 3. The Morgan fingerprint density at radius 1 is 1.08 bits per heavy atom. The summed E-state index contributed by atoms with van der Waals surface area (Å²) in [4.78, 5) is 26.4. The zero-order valence-corrected chi connectivity index (χ0v) is 15.6. The molecule has 0 atom stereocenters. The molecule has 1 saturated carbocycles. The van der Waals surface area contributed by atoms with Crippen molar-refractivity contribution in [3.63, 3.8) is 0 Å². The van der Waals surface area contributed by atoms with Gasteiger partial charge in [-0.3, -0.25) is 15.0 Å². The molecule has 2 rings (SSSR count). The molecule has 1 saturated heterocycles. The number of piperidine rings is 1. The van der Waals surface area contributed by atoms with Gasteiger partial charge in [0, 0.05) is 12.1 Å². The van der Waals surface area contributed by atoms with E-state index in [1.165, 1.54) is 19.3 Å². The lowest BCUT2D eigenvalue weighted by atomic mass is 9.96. The van der Waals surface area contributed by atoms with Crippen LogP contribution in [0, 0.1) is 0 Å². The molecule has 140 valence electrons. The molecule has 0 spiro atoms. The Hall–Kier alpha value is -0.850. The number of urea groups is 1. The number of amides is 3. The summed E-state index contributed by atoms with van der Waals surface area (Å²) in [5.74, 6) is -0.190. The van der Waals surface area contributed by atoms with E-state index < -0.39 is 0 Å². The molecule has 2 fully saturated rings. The second kappa shape index (κ2) is 11.7. The Balaban J connectivity index is 0.00000288. The number of nitrogens with zero attached hydrogens (tertiary/aromatic N) is 1. The van der Waals surface area contributed by atoms with Crippen LogP contribution in [0.4, 0.5) is 4.79 Å². The van der Waals surface area contributed by atoms with Crippen LogP contribution in [0.25, 0.3) is 0 Å². The normalized spacial score (nSPS) is 19.6. The third kappa shape index (κ3) is 7.36. The number of carbonyl (C=O) groups excluding carboxylic acids is 2. The average molecular weight is 361 g/mol. The number of carbonyl (C=O) groups is 2. The van der Waals surface area contributed by atoms with Gasteiger partial charge in [-0.1, -0.05) is 26.2 Å². The van der Waals surface area contributed by atoms with E-state index in [1.54, 1.807) is 0 Å². The van der Waals surface area contributed by atoms with Crippen molar-refractivity contribution in [3.8, 4) is 0 Å². The highest BCUT2D eigenvalue weighted by Gasteiger charge is 2.23. The zero-order chi connectivity index (χ0) is 16.5. The van der Waals surface area contributed by atoms with Gasteiger partial charge in [0.1, 0.15) is 0 Å². The van der Waals surface area contributed by atoms with Crippen LogP contribution in [-0.2, 0) is 4.79 Å². The van der Waals surface area contributed by atoms with Crippen molar-refractivity contribution in [2.45, 2.75) is 70.4 Å². The summed E-state index contributed by atoms with van der Waals surface area (Å²) < 4.78 is 0. The third-order valence-electron chi connectivity index (χ3n) is 4.88. The monoisotopic (exact) mass is 360 g/mol. The molecule has 1 heterocycles. The number of imide groups is 1. The summed E-state index contributed by atoms with van der Waals surface area (Å²) in [6.07, 6.45) is 8.80. The Labute approximate surface area is 151 Å². The molecule has 0 aromatic rings. The molecule has 6 nitrogen and oxygen atoms in total. The van der Waals surface area contributed by atoms with E-state index in [9.17, 15) is 9.59 Å². The molecule has 0 aromatic carbocycles. The fraction of sp³-hybridized carbons (Fsp3) is 0.882. The van der Waals surface area contributed by atoms with E-state index in [2.05, 4.69) is 27.8 Å². The van der Waals surface area contributed by atoms with Crippen molar-refractivity contribution in [1.29, 1.82) is 0 Å². The largest absolute Gasteiger partial charge is 0.335 e. The van der Waals surface area contributed by atoms with E-state index in [4.69, 9.17) is 0 Å². The molecule has 1 aliphatic heterocycles. The first-order chi connectivity index (χ1) is 11.2. The Bertz CT molecular complexity index is 383. The van der Waals surface area contributed by atoms with E-state index in [0.717, 1.165) is 51.7 Å². The number of hydrogen-bond acceptors (Lipinski definition) is 4. The standard InChI is InChI=1S/C17H32N4O2.ClH/c1-2-12-21(15-8-10-18-11-9-15)13-16(22)20-17(23)19-14-6-4-3-5-7-14;/h14-15,18H,2-13H2,1H3,(H2,19,20,22,23);1H. The van der Waals surface area contributed by atoms with E-state index in [1.807, 2.05) is 0 Å². The molecule has 1 aliphatic carbocycles. The summed E-state index contributed by atoms with van der Waals surface area (Å²) in [5, 5.41) is 8.80. The molecular weight excluding hydrogens is 328 g/mol. The van der Waals surface area contributed by atoms with E-state index >= 15 is 0 Å². The van der Waals surface area contributed by atoms with Crippen LogP contribution >= 0.6 is 12.4 Å². The van der Waals surface area contributed by atoms with Gasteiger partial charge >= 0.3 is 6.03 Å². The second-order valence-electron chi connectivity index (χ2n) is 6.81. The minimum absolute atomic E-state index is 0. The van der Waals surface area contributed by atoms with Gasteiger partial charge in [0.25, 0.3) is 0 Å². The van der Waals surface area contributed by atoms with Gasteiger partial charge in [-0.25, -0.2) is 4.79 Å². The SMILES string of the molecule is CCCN(CC(=O)NC(=O)NC1CCCCC1)C1CCNCC1.Cl. The van der Waals surface area contributed by atoms with Crippen molar-refractivity contribution in [3.05, 3.63) is 0 Å². The topological polar surface area (TPSA) is 73.5 Å². The molecule has 24 heavy (non-hydrogen) atoms. The lowest BCUT2D eigenvalue weighted by molar-refractivity contribution is -0.121. The number of hydrogen-bond donors (Lipinski definition) is 3. The Kier molecular flexibility index (Phi) is 10.3. The van der Waals surface area contributed by atoms with Crippen LogP contribution in [0.1, 0.15) is 58.3 Å². The van der Waals surface area contributed by atoms with Crippen molar-refractivity contribution in [2.24, 2.45) is 0 Å². The lowest BCUT2D eigenvalue weighted by Crippen LogP contribution is -2.51. The molecule has 3 N–H and O–H groups in total. The van der Waals surface area contributed by atoms with Gasteiger partial charge in [0.05, 0.1) is 6.54 Å². The van der Waals surface area contributed by atoms with Gasteiger partial charge < -0.3 is 10.6 Å². The van der Waals surface area contributed by atoms with Gasteiger partial charge in [0.15, 0.2) is 0 Å². The molecule has 0 radical (unpaired) electrons. The molecule has 2 aliphatic rings. The highest BCUT2D eigenvalue weighted by molar-refractivity contribution is 5.95. The third-order valence-corrected chi connectivity index (χ3v) is 4.88. The minimum atomic E-state index is -0.330. The van der Waals surface area contributed by atoms with Gasteiger partial charge in [-0.15, -0.1) is 12.4 Å². The van der Waals surface area contributed by atoms with Crippen LogP contribution < -0.4 is 16.0 Å². The fourth-order valence-electron chi connectivity index (χ4n) is 3.67. The first-order valence-corrected chi connectivity index (χ1v) is 9.24. The Morgan fingerprint density at radius 3 is 2.38 bits per heavy atom. The molecular formula is C17H33ClN4O2. The summed E-state index contributed by atoms with van der Waals surface area (Å²) >= 11 is 0. The maximum Gasteiger partial charge on any atom is 0.321 e. The molecule has 0 bridgehead atoms. The molecule has 0 aromatic heterocycles. The van der Waals surface area contributed by atoms with Crippen LogP contribution in [0.5, 0.6) is 0 Å². The van der Waals surface area contributed by atoms with E-state index in [-0.39, 0.29) is 30.4 Å². The van der Waals surface area contributed by atoms with Crippen LogP contribution in [0.2, 0.25) is 0 Å². The quantitative estimate of drug-likeness (QED) is 0.677. The van der Waals surface area contributed by atoms with Gasteiger partial charge in [-0.2, -0.15) is 0 Å². The minimum Gasteiger partial charge on any atom is -0.335 e. The summed E-state index contributed by atoms with van der Waals surface area (Å²) in [7, 11) is 0. The first-order valence-electron chi connectivity index (χ1n) is 9.24. The average Bonchev–Trinajstić information content (AvgIpc) is 2.56. The maximum atomic E-state index is 12.2. The summed E-state index contributed by atoms with van der Waals surface area (Å²) in [5.41, 5.74) is 0. The van der Waals surface area contributed by atoms with Crippen molar-refractivity contribution >= 4 is 24.3 Å². The van der Waals surface area contributed by atoms with Crippen molar-refractivity contribution in [1.82, 2.24) is 20.9 Å². The maximum absolute atomic E-state index is 12.2. The van der Waals surface area contributed by atoms with Gasteiger partial charge in [-0.05, 0) is 51.7 Å². The van der Waals surface area contributed by atoms with Crippen LogP contribution in [0.15, 0.2) is 0 Å². The van der Waals surface area contributed by atoms with E-state index in [0.29, 0.717) is 12.6 Å². The smallest absolute Gasteiger partial charge is 0.321 e.